The molecule has 2 aromatic rings. The molecule has 0 radical (unpaired) electrons. The van der Waals surface area contributed by atoms with Crippen molar-refractivity contribution in [1.29, 1.82) is 0 Å². The maximum absolute atomic E-state index is 13.2. The van der Waals surface area contributed by atoms with Crippen LogP contribution >= 0.6 is 0 Å². The van der Waals surface area contributed by atoms with Crippen LogP contribution in [0.25, 0.3) is 0 Å². The normalized spacial score (nSPS) is 18.0. The maximum atomic E-state index is 13.2. The summed E-state index contributed by atoms with van der Waals surface area (Å²) in [6.45, 7) is 4.68. The van der Waals surface area contributed by atoms with Crippen molar-refractivity contribution in [2.24, 2.45) is 5.41 Å². The van der Waals surface area contributed by atoms with E-state index in [1.807, 2.05) is 24.3 Å². The molecule has 1 aliphatic carbocycles. The molecule has 0 atom stereocenters. The van der Waals surface area contributed by atoms with Gasteiger partial charge in [-0.1, -0.05) is 13.0 Å². The van der Waals surface area contributed by atoms with Gasteiger partial charge >= 0.3 is 0 Å². The predicted molar refractivity (Wildman–Crippen MR) is 124 cm³/mol. The zero-order valence-electron chi connectivity index (χ0n) is 18.6. The second kappa shape index (κ2) is 8.71. The van der Waals surface area contributed by atoms with Gasteiger partial charge in [-0.2, -0.15) is 0 Å². The molecule has 2 aliphatic rings. The van der Waals surface area contributed by atoms with Gasteiger partial charge in [-0.3, -0.25) is 4.72 Å². The first kappa shape index (κ1) is 22.0. The fourth-order valence-electron chi connectivity index (χ4n) is 4.70. The number of anilines is 2. The number of methoxy groups -OCH3 is 2. The lowest BCUT2D eigenvalue weighted by Gasteiger charge is -2.40. The van der Waals surface area contributed by atoms with E-state index in [9.17, 15) is 8.42 Å². The second-order valence-electron chi connectivity index (χ2n) is 9.00. The Morgan fingerprint density at radius 1 is 1.03 bits per heavy atom. The minimum absolute atomic E-state index is 0.155. The Labute approximate surface area is 185 Å². The molecule has 31 heavy (non-hydrogen) atoms. The monoisotopic (exact) mass is 444 g/mol. The Morgan fingerprint density at radius 3 is 2.48 bits per heavy atom. The van der Waals surface area contributed by atoms with Gasteiger partial charge in [-0.05, 0) is 72.9 Å². The van der Waals surface area contributed by atoms with Crippen molar-refractivity contribution < 1.29 is 17.9 Å². The number of ether oxygens (including phenoxy) is 2. The van der Waals surface area contributed by atoms with Crippen LogP contribution in [0.15, 0.2) is 41.3 Å². The molecular formula is C24H32N2O4S. The molecular weight excluding hydrogens is 412 g/mol. The molecule has 0 aromatic heterocycles. The maximum Gasteiger partial charge on any atom is 0.261 e. The van der Waals surface area contributed by atoms with Gasteiger partial charge in [0.2, 0.25) is 0 Å². The number of benzene rings is 2. The van der Waals surface area contributed by atoms with Crippen molar-refractivity contribution >= 4 is 21.4 Å². The minimum atomic E-state index is -3.70. The van der Waals surface area contributed by atoms with Gasteiger partial charge in [0.25, 0.3) is 10.0 Å². The lowest BCUT2D eigenvalue weighted by atomic mass is 9.81. The van der Waals surface area contributed by atoms with Gasteiger partial charge in [-0.15, -0.1) is 0 Å². The number of nitrogens with one attached hydrogen (secondary N) is 1. The zero-order valence-corrected chi connectivity index (χ0v) is 19.4. The summed E-state index contributed by atoms with van der Waals surface area (Å²) in [5.74, 6) is 0.622. The van der Waals surface area contributed by atoms with Crippen molar-refractivity contribution in [3.8, 4) is 5.75 Å². The van der Waals surface area contributed by atoms with Crippen LogP contribution in [0.3, 0.4) is 0 Å². The molecule has 0 spiro atoms. The number of rotatable bonds is 7. The van der Waals surface area contributed by atoms with E-state index in [0.717, 1.165) is 63.1 Å². The van der Waals surface area contributed by atoms with E-state index in [-0.39, 0.29) is 5.41 Å². The van der Waals surface area contributed by atoms with Crippen molar-refractivity contribution in [2.75, 3.05) is 43.5 Å². The summed E-state index contributed by atoms with van der Waals surface area (Å²) < 4.78 is 40.1. The van der Waals surface area contributed by atoms with E-state index in [1.54, 1.807) is 26.4 Å². The number of nitrogens with zero attached hydrogens (tertiary/aromatic N) is 1. The highest BCUT2D eigenvalue weighted by molar-refractivity contribution is 7.92. The molecule has 1 aliphatic heterocycles. The summed E-state index contributed by atoms with van der Waals surface area (Å²) in [6, 6.07) is 11.1. The molecule has 1 heterocycles. The molecule has 1 N–H and O–H groups in total. The lowest BCUT2D eigenvalue weighted by Crippen LogP contribution is -2.41. The lowest BCUT2D eigenvalue weighted by molar-refractivity contribution is 0.0731. The number of piperidine rings is 1. The molecule has 7 heteroatoms. The Kier molecular flexibility index (Phi) is 6.17. The third-order valence-electron chi connectivity index (χ3n) is 6.63. The fraction of sp³-hybridized carbons (Fsp3) is 0.500. The highest BCUT2D eigenvalue weighted by atomic mass is 32.2. The van der Waals surface area contributed by atoms with Gasteiger partial charge in [0, 0.05) is 26.3 Å². The molecule has 0 amide bonds. The molecule has 168 valence electrons. The van der Waals surface area contributed by atoms with Crippen LogP contribution in [-0.4, -0.2) is 42.3 Å². The Hall–Kier alpha value is -2.25. The molecule has 2 aromatic carbocycles. The Morgan fingerprint density at radius 2 is 1.77 bits per heavy atom. The number of sulfonamides is 1. The Bertz CT molecular complexity index is 1040. The first-order valence-electron chi connectivity index (χ1n) is 10.9. The highest BCUT2D eigenvalue weighted by Crippen LogP contribution is 2.38. The van der Waals surface area contributed by atoms with E-state index >= 15 is 0 Å². The van der Waals surface area contributed by atoms with Crippen molar-refractivity contribution in [3.05, 3.63) is 47.5 Å². The molecule has 0 bridgehead atoms. The summed E-state index contributed by atoms with van der Waals surface area (Å²) in [5.41, 5.74) is 3.98. The standard InChI is InChI=1S/C24H32N2O4S/c1-24(17-29-2)11-13-26(14-12-24)23-10-8-20(30-3)16-22(23)25-31(27,28)21-9-7-18-5-4-6-19(18)15-21/h7-10,15-16,25H,4-6,11-14,17H2,1-3H3. The first-order chi connectivity index (χ1) is 14.8. The summed E-state index contributed by atoms with van der Waals surface area (Å²) >= 11 is 0. The zero-order chi connectivity index (χ0) is 22.1. The first-order valence-corrected chi connectivity index (χ1v) is 12.4. The minimum Gasteiger partial charge on any atom is -0.497 e. The SMILES string of the molecule is COCC1(C)CCN(c2ccc(OC)cc2NS(=O)(=O)c2ccc3c(c2)CCC3)CC1. The van der Waals surface area contributed by atoms with Crippen molar-refractivity contribution in [2.45, 2.75) is 43.9 Å². The van der Waals surface area contributed by atoms with Gasteiger partial charge < -0.3 is 14.4 Å². The summed E-state index contributed by atoms with van der Waals surface area (Å²) in [4.78, 5) is 2.56. The molecule has 0 unspecified atom stereocenters. The van der Waals surface area contributed by atoms with Crippen LogP contribution in [0.5, 0.6) is 5.75 Å². The average Bonchev–Trinajstić information content (AvgIpc) is 3.22. The molecule has 4 rings (SSSR count). The predicted octanol–water partition coefficient (Wildman–Crippen LogP) is 4.24. The summed E-state index contributed by atoms with van der Waals surface area (Å²) in [6.07, 6.45) is 5.04. The highest BCUT2D eigenvalue weighted by Gasteiger charge is 2.31. The summed E-state index contributed by atoms with van der Waals surface area (Å²) in [7, 11) is -0.374. The number of aryl methyl sites for hydroxylation is 2. The third kappa shape index (κ3) is 4.67. The fourth-order valence-corrected chi connectivity index (χ4v) is 5.81. The van der Waals surface area contributed by atoms with Crippen molar-refractivity contribution in [3.63, 3.8) is 0 Å². The van der Waals surface area contributed by atoms with E-state index in [4.69, 9.17) is 9.47 Å². The topological polar surface area (TPSA) is 67.9 Å². The van der Waals surface area contributed by atoms with Crippen LogP contribution in [-0.2, 0) is 27.6 Å². The van der Waals surface area contributed by atoms with Gasteiger partial charge in [0.05, 0.1) is 30.0 Å². The van der Waals surface area contributed by atoms with E-state index in [1.165, 1.54) is 5.56 Å². The number of hydrogen-bond acceptors (Lipinski definition) is 5. The average molecular weight is 445 g/mol. The van der Waals surface area contributed by atoms with Gasteiger partial charge in [0.15, 0.2) is 0 Å². The largest absolute Gasteiger partial charge is 0.497 e. The van der Waals surface area contributed by atoms with Crippen LogP contribution < -0.4 is 14.4 Å². The van der Waals surface area contributed by atoms with Crippen LogP contribution in [0.1, 0.15) is 37.3 Å². The number of hydrogen-bond donors (Lipinski definition) is 1. The smallest absolute Gasteiger partial charge is 0.261 e. The van der Waals surface area contributed by atoms with E-state index in [2.05, 4.69) is 16.5 Å². The van der Waals surface area contributed by atoms with Gasteiger partial charge in [0.1, 0.15) is 5.75 Å². The molecule has 1 saturated heterocycles. The third-order valence-corrected chi connectivity index (χ3v) is 8.00. The number of fused-ring (bicyclic) bond motifs is 1. The molecule has 6 nitrogen and oxygen atoms in total. The van der Waals surface area contributed by atoms with Crippen LogP contribution in [0.2, 0.25) is 0 Å². The van der Waals surface area contributed by atoms with Crippen LogP contribution in [0, 0.1) is 5.41 Å². The second-order valence-corrected chi connectivity index (χ2v) is 10.7. The quantitative estimate of drug-likeness (QED) is 0.692. The van der Waals surface area contributed by atoms with Gasteiger partial charge in [-0.25, -0.2) is 8.42 Å². The molecule has 1 fully saturated rings. The van der Waals surface area contributed by atoms with Crippen molar-refractivity contribution in [1.82, 2.24) is 0 Å². The van der Waals surface area contributed by atoms with E-state index < -0.39 is 10.0 Å². The summed E-state index contributed by atoms with van der Waals surface area (Å²) in [5, 5.41) is 0. The molecule has 0 saturated carbocycles. The van der Waals surface area contributed by atoms with E-state index in [0.29, 0.717) is 16.3 Å². The Balaban J connectivity index is 1.60. The van der Waals surface area contributed by atoms with Crippen LogP contribution in [0.4, 0.5) is 11.4 Å².